The third kappa shape index (κ3) is 3.73. The molecule has 2 fully saturated rings. The summed E-state index contributed by atoms with van der Waals surface area (Å²) in [6, 6.07) is 2.66. The van der Waals surface area contributed by atoms with Crippen molar-refractivity contribution in [1.29, 1.82) is 0 Å². The Labute approximate surface area is 147 Å². The molecule has 8 heteroatoms. The molecule has 1 N–H and O–H groups in total. The summed E-state index contributed by atoms with van der Waals surface area (Å²) in [4.78, 5) is 18.8. The molecule has 1 amide bonds. The molecule has 0 aromatic carbocycles. The largest absolute Gasteiger partial charge is 0.310 e. The van der Waals surface area contributed by atoms with Crippen LogP contribution in [0.1, 0.15) is 44.6 Å². The zero-order chi connectivity index (χ0) is 17.1. The molecule has 0 spiro atoms. The third-order valence-corrected chi connectivity index (χ3v) is 5.32. The molecule has 8 nitrogen and oxygen atoms in total. The number of likely N-dealkylation sites (tertiary alicyclic amines) is 1. The fraction of sp³-hybridized carbons (Fsp3) is 0.647. The molecule has 2 aromatic heterocycles. The van der Waals surface area contributed by atoms with Crippen molar-refractivity contribution in [2.45, 2.75) is 57.2 Å². The molecule has 1 saturated heterocycles. The summed E-state index contributed by atoms with van der Waals surface area (Å²) in [5.74, 6) is 0.856. The van der Waals surface area contributed by atoms with Crippen molar-refractivity contribution >= 4 is 11.7 Å². The van der Waals surface area contributed by atoms with Gasteiger partial charge in [-0.15, -0.1) is 0 Å². The van der Waals surface area contributed by atoms with Gasteiger partial charge in [0.1, 0.15) is 18.5 Å². The lowest BCUT2D eigenvalue weighted by Crippen LogP contribution is -2.39. The van der Waals surface area contributed by atoms with Crippen LogP contribution in [0.2, 0.25) is 0 Å². The second kappa shape index (κ2) is 7.35. The molecule has 2 aliphatic rings. The van der Waals surface area contributed by atoms with E-state index in [0.29, 0.717) is 18.6 Å². The zero-order valence-corrected chi connectivity index (χ0v) is 14.4. The highest BCUT2D eigenvalue weighted by molar-refractivity contribution is 5.91. The monoisotopic (exact) mass is 343 g/mol. The standard InChI is InChI=1S/C17H25N7O/c25-17(21-16-7-8-19-24(16)14-4-1-2-5-14)11-22-9-3-6-15(22)10-23-13-18-12-20-23/h7-8,12-15H,1-6,9-11H2,(H,21,25)/t15-/m1/s1. The first-order valence-electron chi connectivity index (χ1n) is 9.19. The van der Waals surface area contributed by atoms with Crippen molar-refractivity contribution in [2.24, 2.45) is 0 Å². The molecule has 1 aliphatic carbocycles. The van der Waals surface area contributed by atoms with Crippen molar-refractivity contribution in [3.63, 3.8) is 0 Å². The highest BCUT2D eigenvalue weighted by Gasteiger charge is 2.27. The summed E-state index contributed by atoms with van der Waals surface area (Å²) in [5.41, 5.74) is 0. The van der Waals surface area contributed by atoms with E-state index in [1.165, 1.54) is 12.8 Å². The smallest absolute Gasteiger partial charge is 0.239 e. The van der Waals surface area contributed by atoms with E-state index in [0.717, 1.165) is 44.6 Å². The summed E-state index contributed by atoms with van der Waals surface area (Å²) in [7, 11) is 0. The number of carbonyl (C=O) groups excluding carboxylic acids is 1. The quantitative estimate of drug-likeness (QED) is 0.863. The molecule has 1 saturated carbocycles. The summed E-state index contributed by atoms with van der Waals surface area (Å²) in [6.07, 6.45) is 12.1. The van der Waals surface area contributed by atoms with Gasteiger partial charge in [-0.2, -0.15) is 10.2 Å². The highest BCUT2D eigenvalue weighted by Crippen LogP contribution is 2.31. The van der Waals surface area contributed by atoms with Gasteiger partial charge >= 0.3 is 0 Å². The van der Waals surface area contributed by atoms with Crippen LogP contribution in [0, 0.1) is 0 Å². The minimum absolute atomic E-state index is 0.0326. The number of carbonyl (C=O) groups is 1. The maximum atomic E-state index is 12.6. The van der Waals surface area contributed by atoms with E-state index in [9.17, 15) is 4.79 Å². The van der Waals surface area contributed by atoms with Gasteiger partial charge < -0.3 is 5.32 Å². The van der Waals surface area contributed by atoms with E-state index < -0.39 is 0 Å². The molecule has 25 heavy (non-hydrogen) atoms. The first-order valence-corrected chi connectivity index (χ1v) is 9.19. The maximum absolute atomic E-state index is 12.6. The van der Waals surface area contributed by atoms with Crippen LogP contribution in [0.5, 0.6) is 0 Å². The molecular weight excluding hydrogens is 318 g/mol. The average molecular weight is 343 g/mol. The SMILES string of the molecule is O=C(CN1CCC[C@@H]1Cn1cncn1)Nc1ccnn1C1CCCC1. The van der Waals surface area contributed by atoms with Gasteiger partial charge in [0.2, 0.25) is 5.91 Å². The van der Waals surface area contributed by atoms with Gasteiger partial charge in [0.15, 0.2) is 0 Å². The molecule has 1 aliphatic heterocycles. The Kier molecular flexibility index (Phi) is 4.78. The predicted octanol–water partition coefficient (Wildman–Crippen LogP) is 1.69. The minimum Gasteiger partial charge on any atom is -0.310 e. The molecule has 3 heterocycles. The normalized spacial score (nSPS) is 21.8. The van der Waals surface area contributed by atoms with Gasteiger partial charge in [-0.05, 0) is 32.2 Å². The molecular formula is C17H25N7O. The number of rotatable bonds is 6. The first-order chi connectivity index (χ1) is 12.3. The van der Waals surface area contributed by atoms with Crippen molar-refractivity contribution in [3.05, 3.63) is 24.9 Å². The fourth-order valence-corrected chi connectivity index (χ4v) is 4.07. The number of hydrogen-bond acceptors (Lipinski definition) is 5. The number of hydrogen-bond donors (Lipinski definition) is 1. The van der Waals surface area contributed by atoms with E-state index in [1.54, 1.807) is 18.9 Å². The van der Waals surface area contributed by atoms with Crippen LogP contribution >= 0.6 is 0 Å². The number of nitrogens with one attached hydrogen (secondary N) is 1. The van der Waals surface area contributed by atoms with Crippen molar-refractivity contribution in [1.82, 2.24) is 29.4 Å². The van der Waals surface area contributed by atoms with Gasteiger partial charge in [0.05, 0.1) is 25.3 Å². The highest BCUT2D eigenvalue weighted by atomic mass is 16.2. The summed E-state index contributed by atoms with van der Waals surface area (Å²) in [6.45, 7) is 2.15. The first kappa shape index (κ1) is 16.3. The Bertz CT molecular complexity index is 690. The average Bonchev–Trinajstić information content (AvgIpc) is 3.35. The third-order valence-electron chi connectivity index (χ3n) is 5.32. The Morgan fingerprint density at radius 2 is 2.08 bits per heavy atom. The van der Waals surface area contributed by atoms with Crippen LogP contribution in [0.4, 0.5) is 5.82 Å². The lowest BCUT2D eigenvalue weighted by atomic mass is 10.2. The number of nitrogens with zero attached hydrogens (tertiary/aromatic N) is 6. The van der Waals surface area contributed by atoms with Crippen molar-refractivity contribution in [3.8, 4) is 0 Å². The van der Waals surface area contributed by atoms with Crippen LogP contribution in [0.25, 0.3) is 0 Å². The van der Waals surface area contributed by atoms with Crippen LogP contribution in [-0.2, 0) is 11.3 Å². The predicted molar refractivity (Wildman–Crippen MR) is 93.0 cm³/mol. The lowest BCUT2D eigenvalue weighted by Gasteiger charge is -2.24. The van der Waals surface area contributed by atoms with Gasteiger partial charge in [-0.1, -0.05) is 12.8 Å². The molecule has 1 atom stereocenters. The molecule has 0 radical (unpaired) electrons. The lowest BCUT2D eigenvalue weighted by molar-refractivity contribution is -0.117. The Morgan fingerprint density at radius 1 is 1.20 bits per heavy atom. The van der Waals surface area contributed by atoms with Crippen molar-refractivity contribution in [2.75, 3.05) is 18.4 Å². The maximum Gasteiger partial charge on any atom is 0.239 e. The van der Waals surface area contributed by atoms with E-state index in [-0.39, 0.29) is 5.91 Å². The van der Waals surface area contributed by atoms with E-state index in [2.05, 4.69) is 25.4 Å². The molecule has 2 aromatic rings. The number of anilines is 1. The van der Waals surface area contributed by atoms with Gasteiger partial charge in [0, 0.05) is 12.1 Å². The summed E-state index contributed by atoms with van der Waals surface area (Å²) in [5, 5.41) is 11.7. The second-order valence-electron chi connectivity index (χ2n) is 7.03. The number of amides is 1. The zero-order valence-electron chi connectivity index (χ0n) is 14.4. The van der Waals surface area contributed by atoms with Gasteiger partial charge in [0.25, 0.3) is 0 Å². The molecule has 4 rings (SSSR count). The van der Waals surface area contributed by atoms with Gasteiger partial charge in [-0.25, -0.2) is 9.67 Å². The second-order valence-corrected chi connectivity index (χ2v) is 7.03. The molecule has 0 unspecified atom stereocenters. The van der Waals surface area contributed by atoms with Crippen LogP contribution < -0.4 is 5.32 Å². The summed E-state index contributed by atoms with van der Waals surface area (Å²) >= 11 is 0. The van der Waals surface area contributed by atoms with Crippen LogP contribution in [0.15, 0.2) is 24.9 Å². The Morgan fingerprint density at radius 3 is 2.88 bits per heavy atom. The van der Waals surface area contributed by atoms with E-state index in [4.69, 9.17) is 0 Å². The Balaban J connectivity index is 1.35. The summed E-state index contributed by atoms with van der Waals surface area (Å²) < 4.78 is 3.83. The van der Waals surface area contributed by atoms with E-state index in [1.807, 2.05) is 15.4 Å². The Hall–Kier alpha value is -2.22. The number of aromatic nitrogens is 5. The van der Waals surface area contributed by atoms with Crippen molar-refractivity contribution < 1.29 is 4.79 Å². The minimum atomic E-state index is 0.0326. The molecule has 0 bridgehead atoms. The molecule has 134 valence electrons. The van der Waals surface area contributed by atoms with Gasteiger partial charge in [-0.3, -0.25) is 14.4 Å². The fourth-order valence-electron chi connectivity index (χ4n) is 4.07. The van der Waals surface area contributed by atoms with Crippen LogP contribution in [0.3, 0.4) is 0 Å². The van der Waals surface area contributed by atoms with E-state index >= 15 is 0 Å². The topological polar surface area (TPSA) is 80.9 Å². The van der Waals surface area contributed by atoms with Crippen LogP contribution in [-0.4, -0.2) is 54.5 Å².